The van der Waals surface area contributed by atoms with Crippen molar-refractivity contribution in [2.75, 3.05) is 6.61 Å². The molecule has 112 valence electrons. The molecule has 0 radical (unpaired) electrons. The molecule has 0 aromatic heterocycles. The maximum atomic E-state index is 13.3. The average Bonchev–Trinajstić information content (AvgIpc) is 2.37. The Bertz CT molecular complexity index is 583. The van der Waals surface area contributed by atoms with Crippen molar-refractivity contribution in [1.29, 1.82) is 0 Å². The van der Waals surface area contributed by atoms with Gasteiger partial charge < -0.3 is 10.5 Å². The molecule has 0 bridgehead atoms. The van der Waals surface area contributed by atoms with Crippen LogP contribution in [0.25, 0.3) is 0 Å². The number of nitrogens with two attached hydrogens (primary N) is 1. The van der Waals surface area contributed by atoms with Crippen LogP contribution in [0.4, 0.5) is 4.39 Å². The zero-order chi connectivity index (χ0) is 15.2. The van der Waals surface area contributed by atoms with Crippen molar-refractivity contribution in [3.63, 3.8) is 0 Å². The Labute approximate surface area is 133 Å². The second kappa shape index (κ2) is 7.57. The second-order valence-corrected chi connectivity index (χ2v) is 6.11. The van der Waals surface area contributed by atoms with Gasteiger partial charge in [-0.1, -0.05) is 28.1 Å². The van der Waals surface area contributed by atoms with Gasteiger partial charge in [0.15, 0.2) is 0 Å². The predicted molar refractivity (Wildman–Crippen MR) is 87.1 cm³/mol. The third-order valence-corrected chi connectivity index (χ3v) is 3.62. The van der Waals surface area contributed by atoms with Crippen LogP contribution >= 0.6 is 15.9 Å². The van der Waals surface area contributed by atoms with Crippen molar-refractivity contribution in [2.24, 2.45) is 5.73 Å². The summed E-state index contributed by atoms with van der Waals surface area (Å²) in [5, 5.41) is 0. The molecule has 4 heteroatoms. The van der Waals surface area contributed by atoms with Crippen molar-refractivity contribution in [3.8, 4) is 5.75 Å². The molecule has 21 heavy (non-hydrogen) atoms. The van der Waals surface area contributed by atoms with E-state index in [1.807, 2.05) is 37.3 Å². The number of aryl methyl sites for hydroxylation is 1. The molecular weight excluding hydrogens is 333 g/mol. The van der Waals surface area contributed by atoms with Crippen molar-refractivity contribution < 1.29 is 9.13 Å². The molecule has 0 amide bonds. The molecule has 0 heterocycles. The van der Waals surface area contributed by atoms with Crippen LogP contribution in [-0.2, 0) is 6.42 Å². The molecule has 2 rings (SSSR count). The minimum Gasteiger partial charge on any atom is -0.494 e. The molecule has 2 nitrogen and oxygen atoms in total. The molecule has 0 aliphatic heterocycles. The molecule has 2 N–H and O–H groups in total. The van der Waals surface area contributed by atoms with E-state index in [0.29, 0.717) is 13.0 Å². The summed E-state index contributed by atoms with van der Waals surface area (Å²) in [5.74, 6) is 0.610. The van der Waals surface area contributed by atoms with Gasteiger partial charge in [-0.2, -0.15) is 0 Å². The Morgan fingerprint density at radius 1 is 1.24 bits per heavy atom. The highest BCUT2D eigenvalue weighted by atomic mass is 79.9. The van der Waals surface area contributed by atoms with E-state index in [2.05, 4.69) is 15.9 Å². The highest BCUT2D eigenvalue weighted by Gasteiger charge is 2.07. The Kier molecular flexibility index (Phi) is 5.76. The Hall–Kier alpha value is -1.39. The van der Waals surface area contributed by atoms with Gasteiger partial charge in [-0.05, 0) is 61.2 Å². The van der Waals surface area contributed by atoms with Crippen molar-refractivity contribution in [3.05, 3.63) is 63.9 Å². The smallest absolute Gasteiger partial charge is 0.124 e. The molecular formula is C17H19BrFNO. The summed E-state index contributed by atoms with van der Waals surface area (Å²) in [7, 11) is 0. The molecule has 2 aromatic rings. The lowest BCUT2D eigenvalue weighted by Crippen LogP contribution is -2.25. The molecule has 1 unspecified atom stereocenters. The van der Waals surface area contributed by atoms with E-state index in [0.717, 1.165) is 22.2 Å². The summed E-state index contributed by atoms with van der Waals surface area (Å²) in [6.07, 6.45) is 1.36. The van der Waals surface area contributed by atoms with Crippen molar-refractivity contribution in [2.45, 2.75) is 25.8 Å². The summed E-state index contributed by atoms with van der Waals surface area (Å²) < 4.78 is 19.7. The van der Waals surface area contributed by atoms with E-state index in [1.54, 1.807) is 0 Å². The standard InChI is InChI=1S/C17H19BrFNO/c1-12-3-2-4-17(7-12)21-6-5-16(20)10-13-8-14(18)11-15(19)9-13/h2-4,7-9,11,16H,5-6,10,20H2,1H3. The van der Waals surface area contributed by atoms with E-state index < -0.39 is 0 Å². The average molecular weight is 352 g/mol. The van der Waals surface area contributed by atoms with Gasteiger partial charge in [0.1, 0.15) is 11.6 Å². The van der Waals surface area contributed by atoms with E-state index in [4.69, 9.17) is 10.5 Å². The Morgan fingerprint density at radius 3 is 2.76 bits per heavy atom. The fourth-order valence-corrected chi connectivity index (χ4v) is 2.68. The second-order valence-electron chi connectivity index (χ2n) is 5.20. The molecule has 2 aromatic carbocycles. The van der Waals surface area contributed by atoms with Crippen LogP contribution in [0.1, 0.15) is 17.5 Å². The first kappa shape index (κ1) is 16.0. The fraction of sp³-hybridized carbons (Fsp3) is 0.294. The van der Waals surface area contributed by atoms with Gasteiger partial charge in [0.25, 0.3) is 0 Å². The number of hydrogen-bond donors (Lipinski definition) is 1. The van der Waals surface area contributed by atoms with Crippen LogP contribution in [0, 0.1) is 12.7 Å². The summed E-state index contributed by atoms with van der Waals surface area (Å²) in [4.78, 5) is 0. The van der Waals surface area contributed by atoms with Gasteiger partial charge in [0.2, 0.25) is 0 Å². The minimum atomic E-state index is -0.248. The predicted octanol–water partition coefficient (Wildman–Crippen LogP) is 4.24. The fourth-order valence-electron chi connectivity index (χ4n) is 2.17. The molecule has 0 aliphatic rings. The molecule has 0 fully saturated rings. The third kappa shape index (κ3) is 5.48. The SMILES string of the molecule is Cc1cccc(OCCC(N)Cc2cc(F)cc(Br)c2)c1. The number of rotatable bonds is 6. The summed E-state index contributed by atoms with van der Waals surface area (Å²) in [6.45, 7) is 2.58. The molecule has 0 aliphatic carbocycles. The van der Waals surface area contributed by atoms with Gasteiger partial charge >= 0.3 is 0 Å². The lowest BCUT2D eigenvalue weighted by atomic mass is 10.0. The first-order valence-electron chi connectivity index (χ1n) is 6.93. The highest BCUT2D eigenvalue weighted by molar-refractivity contribution is 9.10. The molecule has 0 saturated heterocycles. The Balaban J connectivity index is 1.80. The maximum absolute atomic E-state index is 13.3. The quantitative estimate of drug-likeness (QED) is 0.844. The number of hydrogen-bond acceptors (Lipinski definition) is 2. The summed E-state index contributed by atoms with van der Waals surface area (Å²) >= 11 is 3.29. The number of ether oxygens (including phenoxy) is 1. The maximum Gasteiger partial charge on any atom is 0.124 e. The topological polar surface area (TPSA) is 35.2 Å². The van der Waals surface area contributed by atoms with Crippen LogP contribution in [0.5, 0.6) is 5.75 Å². The lowest BCUT2D eigenvalue weighted by Gasteiger charge is -2.13. The van der Waals surface area contributed by atoms with E-state index in [1.165, 1.54) is 17.7 Å². The lowest BCUT2D eigenvalue weighted by molar-refractivity contribution is 0.297. The van der Waals surface area contributed by atoms with Crippen LogP contribution in [0.3, 0.4) is 0 Å². The molecule has 1 atom stereocenters. The number of benzene rings is 2. The van der Waals surface area contributed by atoms with Gasteiger partial charge in [-0.25, -0.2) is 4.39 Å². The highest BCUT2D eigenvalue weighted by Crippen LogP contribution is 2.17. The van der Waals surface area contributed by atoms with Crippen LogP contribution in [0.2, 0.25) is 0 Å². The monoisotopic (exact) mass is 351 g/mol. The van der Waals surface area contributed by atoms with Crippen LogP contribution in [0.15, 0.2) is 46.9 Å². The van der Waals surface area contributed by atoms with Gasteiger partial charge in [0.05, 0.1) is 6.61 Å². The molecule has 0 saturated carbocycles. The van der Waals surface area contributed by atoms with Crippen molar-refractivity contribution >= 4 is 15.9 Å². The normalized spacial score (nSPS) is 12.2. The van der Waals surface area contributed by atoms with Gasteiger partial charge in [-0.3, -0.25) is 0 Å². The first-order valence-corrected chi connectivity index (χ1v) is 7.72. The third-order valence-electron chi connectivity index (χ3n) is 3.17. The van der Waals surface area contributed by atoms with E-state index in [9.17, 15) is 4.39 Å². The first-order chi connectivity index (χ1) is 10.0. The van der Waals surface area contributed by atoms with Gasteiger partial charge in [-0.15, -0.1) is 0 Å². The minimum absolute atomic E-state index is 0.0523. The van der Waals surface area contributed by atoms with Crippen LogP contribution < -0.4 is 10.5 Å². The van der Waals surface area contributed by atoms with Gasteiger partial charge in [0, 0.05) is 10.5 Å². The van der Waals surface area contributed by atoms with Crippen molar-refractivity contribution in [1.82, 2.24) is 0 Å². The number of halogens is 2. The summed E-state index contributed by atoms with van der Waals surface area (Å²) in [6, 6.07) is 12.7. The zero-order valence-corrected chi connectivity index (χ0v) is 13.6. The van der Waals surface area contributed by atoms with E-state index >= 15 is 0 Å². The Morgan fingerprint density at radius 2 is 2.05 bits per heavy atom. The largest absolute Gasteiger partial charge is 0.494 e. The summed E-state index contributed by atoms with van der Waals surface area (Å²) in [5.41, 5.74) is 8.14. The van der Waals surface area contributed by atoms with E-state index in [-0.39, 0.29) is 11.9 Å². The zero-order valence-electron chi connectivity index (χ0n) is 12.0. The molecule has 0 spiro atoms. The van der Waals surface area contributed by atoms with Crippen LogP contribution in [-0.4, -0.2) is 12.6 Å².